The van der Waals surface area contributed by atoms with Crippen LogP contribution in [0.5, 0.6) is 0 Å². The fraction of sp³-hybridized carbons (Fsp3) is 0.111. The zero-order valence-corrected chi connectivity index (χ0v) is 12.3. The Kier molecular flexibility index (Phi) is 4.01. The van der Waals surface area contributed by atoms with Crippen molar-refractivity contribution in [1.29, 1.82) is 0 Å². The molecule has 0 saturated carbocycles. The Balaban J connectivity index is 1.74. The molecule has 2 amide bonds. The Bertz CT molecular complexity index is 781. The minimum Gasteiger partial charge on any atom is -0.331 e. The first-order valence-corrected chi connectivity index (χ1v) is 7.19. The highest BCUT2D eigenvalue weighted by molar-refractivity contribution is 6.01. The van der Waals surface area contributed by atoms with Gasteiger partial charge in [-0.3, -0.25) is 4.98 Å². The summed E-state index contributed by atoms with van der Waals surface area (Å²) in [4.78, 5) is 16.3. The van der Waals surface area contributed by atoms with Gasteiger partial charge in [-0.25, -0.2) is 4.79 Å². The molecule has 4 nitrogen and oxygen atoms in total. The third kappa shape index (κ3) is 3.06. The summed E-state index contributed by atoms with van der Waals surface area (Å²) in [6.45, 7) is 1.93. The van der Waals surface area contributed by atoms with Crippen LogP contribution in [0.3, 0.4) is 0 Å². The molecular formula is C18H17N3O. The van der Waals surface area contributed by atoms with Crippen LogP contribution >= 0.6 is 0 Å². The molecule has 0 radical (unpaired) electrons. The number of fused-ring (bicyclic) bond motifs is 1. The molecule has 0 fully saturated rings. The topological polar surface area (TPSA) is 54.0 Å². The molecule has 1 heterocycles. The molecule has 1 atom stereocenters. The maximum Gasteiger partial charge on any atom is 0.319 e. The van der Waals surface area contributed by atoms with Crippen LogP contribution in [0.1, 0.15) is 18.5 Å². The molecule has 3 aromatic rings. The SMILES string of the molecule is C[C@H](NC(=O)Nc1cccc2ccccc12)c1cccnc1. The van der Waals surface area contributed by atoms with Gasteiger partial charge in [0.15, 0.2) is 0 Å². The van der Waals surface area contributed by atoms with Crippen molar-refractivity contribution in [2.24, 2.45) is 0 Å². The second-order valence-electron chi connectivity index (χ2n) is 5.13. The molecule has 4 heteroatoms. The van der Waals surface area contributed by atoms with Gasteiger partial charge in [-0.15, -0.1) is 0 Å². The molecule has 0 unspecified atom stereocenters. The molecule has 2 aromatic carbocycles. The summed E-state index contributed by atoms with van der Waals surface area (Å²) in [5, 5.41) is 7.95. The number of amides is 2. The van der Waals surface area contributed by atoms with E-state index in [4.69, 9.17) is 0 Å². The number of urea groups is 1. The van der Waals surface area contributed by atoms with E-state index in [9.17, 15) is 4.79 Å². The first kappa shape index (κ1) is 14.1. The molecule has 22 heavy (non-hydrogen) atoms. The summed E-state index contributed by atoms with van der Waals surface area (Å²) >= 11 is 0. The van der Waals surface area contributed by atoms with E-state index in [1.54, 1.807) is 12.4 Å². The van der Waals surface area contributed by atoms with E-state index in [0.717, 1.165) is 22.0 Å². The number of benzene rings is 2. The van der Waals surface area contributed by atoms with E-state index in [1.807, 2.05) is 61.5 Å². The lowest BCUT2D eigenvalue weighted by molar-refractivity contribution is 0.249. The van der Waals surface area contributed by atoms with Crippen LogP contribution in [0.15, 0.2) is 67.0 Å². The standard InChI is InChI=1S/C18H17N3O/c1-13(15-8-5-11-19-12-15)20-18(22)21-17-10-4-7-14-6-2-3-9-16(14)17/h2-13H,1H3,(H2,20,21,22)/t13-/m0/s1. The van der Waals surface area contributed by atoms with Gasteiger partial charge in [-0.1, -0.05) is 42.5 Å². The molecule has 110 valence electrons. The average Bonchev–Trinajstić information content (AvgIpc) is 2.56. The molecule has 2 N–H and O–H groups in total. The van der Waals surface area contributed by atoms with E-state index >= 15 is 0 Å². The molecule has 0 aliphatic carbocycles. The lowest BCUT2D eigenvalue weighted by Gasteiger charge is -2.15. The van der Waals surface area contributed by atoms with Gasteiger partial charge in [0.05, 0.1) is 11.7 Å². The van der Waals surface area contributed by atoms with E-state index in [1.165, 1.54) is 0 Å². The Morgan fingerprint density at radius 2 is 1.86 bits per heavy atom. The highest BCUT2D eigenvalue weighted by Crippen LogP contribution is 2.23. The zero-order chi connectivity index (χ0) is 15.4. The Hall–Kier alpha value is -2.88. The van der Waals surface area contributed by atoms with Crippen molar-refractivity contribution in [2.45, 2.75) is 13.0 Å². The Labute approximate surface area is 129 Å². The number of nitrogens with zero attached hydrogens (tertiary/aromatic N) is 1. The number of pyridine rings is 1. The van der Waals surface area contributed by atoms with Gasteiger partial charge in [0.25, 0.3) is 0 Å². The predicted octanol–water partition coefficient (Wildman–Crippen LogP) is 4.12. The third-order valence-corrected chi connectivity index (χ3v) is 3.57. The first-order chi connectivity index (χ1) is 10.7. The van der Waals surface area contributed by atoms with E-state index < -0.39 is 0 Å². The second kappa shape index (κ2) is 6.26. The van der Waals surface area contributed by atoms with Crippen molar-refractivity contribution >= 4 is 22.5 Å². The van der Waals surface area contributed by atoms with Crippen molar-refractivity contribution in [2.75, 3.05) is 5.32 Å². The van der Waals surface area contributed by atoms with Crippen molar-refractivity contribution < 1.29 is 4.79 Å². The van der Waals surface area contributed by atoms with Crippen molar-refractivity contribution in [3.05, 3.63) is 72.6 Å². The Morgan fingerprint density at radius 1 is 1.05 bits per heavy atom. The lowest BCUT2D eigenvalue weighted by atomic mass is 10.1. The van der Waals surface area contributed by atoms with Crippen LogP contribution in [0.25, 0.3) is 10.8 Å². The van der Waals surface area contributed by atoms with E-state index in [-0.39, 0.29) is 12.1 Å². The summed E-state index contributed by atoms with van der Waals surface area (Å²) in [7, 11) is 0. The minimum atomic E-state index is -0.229. The van der Waals surface area contributed by atoms with Gasteiger partial charge in [0.2, 0.25) is 0 Å². The molecule has 0 bridgehead atoms. The number of hydrogen-bond donors (Lipinski definition) is 2. The number of aromatic nitrogens is 1. The number of rotatable bonds is 3. The summed E-state index contributed by atoms with van der Waals surface area (Å²) in [6, 6.07) is 17.3. The summed E-state index contributed by atoms with van der Waals surface area (Å²) in [5.74, 6) is 0. The summed E-state index contributed by atoms with van der Waals surface area (Å²) < 4.78 is 0. The average molecular weight is 291 g/mol. The lowest BCUT2D eigenvalue weighted by Crippen LogP contribution is -2.31. The number of anilines is 1. The van der Waals surface area contributed by atoms with Gasteiger partial charge in [0, 0.05) is 17.8 Å². The van der Waals surface area contributed by atoms with Crippen LogP contribution in [0.4, 0.5) is 10.5 Å². The van der Waals surface area contributed by atoms with Gasteiger partial charge in [0.1, 0.15) is 0 Å². The number of nitrogens with one attached hydrogen (secondary N) is 2. The molecule has 0 aliphatic rings. The first-order valence-electron chi connectivity index (χ1n) is 7.19. The van der Waals surface area contributed by atoms with Gasteiger partial charge in [-0.05, 0) is 30.0 Å². The highest BCUT2D eigenvalue weighted by atomic mass is 16.2. The van der Waals surface area contributed by atoms with Crippen LogP contribution in [0.2, 0.25) is 0 Å². The maximum absolute atomic E-state index is 12.2. The quantitative estimate of drug-likeness (QED) is 0.762. The molecule has 0 spiro atoms. The molecular weight excluding hydrogens is 274 g/mol. The largest absolute Gasteiger partial charge is 0.331 e. The normalized spacial score (nSPS) is 11.9. The second-order valence-corrected chi connectivity index (χ2v) is 5.13. The molecule has 1 aromatic heterocycles. The van der Waals surface area contributed by atoms with Crippen molar-refractivity contribution in [3.63, 3.8) is 0 Å². The minimum absolute atomic E-state index is 0.108. The van der Waals surface area contributed by atoms with Gasteiger partial charge >= 0.3 is 6.03 Å². The van der Waals surface area contributed by atoms with E-state index in [2.05, 4.69) is 15.6 Å². The van der Waals surface area contributed by atoms with Crippen LogP contribution < -0.4 is 10.6 Å². The molecule has 3 rings (SSSR count). The fourth-order valence-electron chi connectivity index (χ4n) is 2.40. The molecule has 0 aliphatic heterocycles. The molecule has 0 saturated heterocycles. The van der Waals surface area contributed by atoms with Crippen LogP contribution in [-0.4, -0.2) is 11.0 Å². The van der Waals surface area contributed by atoms with Gasteiger partial charge in [-0.2, -0.15) is 0 Å². The Morgan fingerprint density at radius 3 is 2.68 bits per heavy atom. The highest BCUT2D eigenvalue weighted by Gasteiger charge is 2.10. The number of carbonyl (C=O) groups is 1. The van der Waals surface area contributed by atoms with Crippen molar-refractivity contribution in [1.82, 2.24) is 10.3 Å². The maximum atomic E-state index is 12.2. The monoisotopic (exact) mass is 291 g/mol. The predicted molar refractivity (Wildman–Crippen MR) is 88.8 cm³/mol. The number of carbonyl (C=O) groups excluding carboxylic acids is 1. The van der Waals surface area contributed by atoms with Crippen LogP contribution in [0, 0.1) is 0 Å². The van der Waals surface area contributed by atoms with E-state index in [0.29, 0.717) is 0 Å². The summed E-state index contributed by atoms with van der Waals surface area (Å²) in [5.41, 5.74) is 1.77. The van der Waals surface area contributed by atoms with Crippen molar-refractivity contribution in [3.8, 4) is 0 Å². The number of hydrogen-bond acceptors (Lipinski definition) is 2. The van der Waals surface area contributed by atoms with Gasteiger partial charge < -0.3 is 10.6 Å². The third-order valence-electron chi connectivity index (χ3n) is 3.57. The van der Waals surface area contributed by atoms with Crippen LogP contribution in [-0.2, 0) is 0 Å². The fourth-order valence-corrected chi connectivity index (χ4v) is 2.40. The zero-order valence-electron chi connectivity index (χ0n) is 12.3. The smallest absolute Gasteiger partial charge is 0.319 e. The summed E-state index contributed by atoms with van der Waals surface area (Å²) in [6.07, 6.45) is 3.47.